The number of methoxy groups -OCH3 is 1. The highest BCUT2D eigenvalue weighted by molar-refractivity contribution is 8.13. The minimum absolute atomic E-state index is 0.0864. The van der Waals surface area contributed by atoms with E-state index in [4.69, 9.17) is 9.47 Å². The molecule has 0 aliphatic carbocycles. The van der Waals surface area contributed by atoms with Crippen molar-refractivity contribution in [2.24, 2.45) is 0 Å². The molecule has 1 aromatic carbocycles. The SMILES string of the molecule is COc1ccccc1[C@@H](CSC(C)=O)C(=O)N1CCOC1=O. The van der Waals surface area contributed by atoms with Crippen molar-refractivity contribution >= 4 is 28.9 Å². The summed E-state index contributed by atoms with van der Waals surface area (Å²) < 4.78 is 10.1. The van der Waals surface area contributed by atoms with Gasteiger partial charge in [-0.05, 0) is 6.07 Å². The van der Waals surface area contributed by atoms with Crippen LogP contribution < -0.4 is 4.74 Å². The Morgan fingerprint density at radius 3 is 2.73 bits per heavy atom. The lowest BCUT2D eigenvalue weighted by Gasteiger charge is -2.21. The van der Waals surface area contributed by atoms with Crippen LogP contribution in [0.15, 0.2) is 24.3 Å². The van der Waals surface area contributed by atoms with Gasteiger partial charge in [-0.25, -0.2) is 9.69 Å². The number of cyclic esters (lactones) is 1. The van der Waals surface area contributed by atoms with Crippen LogP contribution in [0, 0.1) is 0 Å². The minimum atomic E-state index is -0.643. The quantitative estimate of drug-likeness (QED) is 0.825. The molecule has 1 aromatic rings. The number of para-hydroxylation sites is 1. The largest absolute Gasteiger partial charge is 0.496 e. The summed E-state index contributed by atoms with van der Waals surface area (Å²) in [5, 5.41) is -0.0864. The summed E-state index contributed by atoms with van der Waals surface area (Å²) in [7, 11) is 1.52. The van der Waals surface area contributed by atoms with Crippen LogP contribution in [0.3, 0.4) is 0 Å². The summed E-state index contributed by atoms with van der Waals surface area (Å²) in [6.45, 7) is 1.87. The fraction of sp³-hybridized carbons (Fsp3) is 0.400. The van der Waals surface area contributed by atoms with Crippen LogP contribution in [-0.4, -0.2) is 48.0 Å². The summed E-state index contributed by atoms with van der Waals surface area (Å²) in [5.41, 5.74) is 0.656. The van der Waals surface area contributed by atoms with E-state index in [0.29, 0.717) is 11.3 Å². The third-order valence-electron chi connectivity index (χ3n) is 3.29. The zero-order valence-electron chi connectivity index (χ0n) is 12.4. The summed E-state index contributed by atoms with van der Waals surface area (Å²) in [5.74, 6) is -0.216. The highest BCUT2D eigenvalue weighted by Crippen LogP contribution is 2.31. The molecule has 1 aliphatic heterocycles. The van der Waals surface area contributed by atoms with Gasteiger partial charge in [0.2, 0.25) is 5.91 Å². The molecule has 2 amide bonds. The van der Waals surface area contributed by atoms with Crippen molar-refractivity contribution in [2.45, 2.75) is 12.8 Å². The van der Waals surface area contributed by atoms with Crippen molar-refractivity contribution in [1.82, 2.24) is 4.90 Å². The predicted octanol–water partition coefficient (Wildman–Crippen LogP) is 2.04. The first kappa shape index (κ1) is 16.4. The van der Waals surface area contributed by atoms with E-state index in [1.165, 1.54) is 14.0 Å². The lowest BCUT2D eigenvalue weighted by atomic mass is 9.98. The van der Waals surface area contributed by atoms with Gasteiger partial charge in [-0.3, -0.25) is 9.59 Å². The maximum atomic E-state index is 12.7. The molecule has 22 heavy (non-hydrogen) atoms. The van der Waals surface area contributed by atoms with Gasteiger partial charge in [0.05, 0.1) is 19.6 Å². The molecule has 0 N–H and O–H groups in total. The van der Waals surface area contributed by atoms with E-state index in [2.05, 4.69) is 0 Å². The van der Waals surface area contributed by atoms with Crippen LogP contribution in [0.5, 0.6) is 5.75 Å². The van der Waals surface area contributed by atoms with Crippen molar-refractivity contribution in [3.8, 4) is 5.75 Å². The molecule has 2 rings (SSSR count). The van der Waals surface area contributed by atoms with E-state index in [-0.39, 0.29) is 29.9 Å². The second kappa shape index (κ2) is 7.31. The monoisotopic (exact) mass is 323 g/mol. The van der Waals surface area contributed by atoms with Gasteiger partial charge in [0, 0.05) is 18.2 Å². The van der Waals surface area contributed by atoms with E-state index in [9.17, 15) is 14.4 Å². The normalized spacial score (nSPS) is 15.4. The van der Waals surface area contributed by atoms with Gasteiger partial charge in [-0.2, -0.15) is 0 Å². The molecule has 0 aromatic heterocycles. The molecular weight excluding hydrogens is 306 g/mol. The number of hydrogen-bond acceptors (Lipinski definition) is 6. The van der Waals surface area contributed by atoms with Gasteiger partial charge in [-0.1, -0.05) is 30.0 Å². The van der Waals surface area contributed by atoms with Gasteiger partial charge in [0.1, 0.15) is 12.4 Å². The Morgan fingerprint density at radius 2 is 2.14 bits per heavy atom. The molecular formula is C15H17NO5S. The number of imide groups is 1. The summed E-state index contributed by atoms with van der Waals surface area (Å²) in [4.78, 5) is 36.6. The van der Waals surface area contributed by atoms with Crippen molar-refractivity contribution in [3.63, 3.8) is 0 Å². The zero-order valence-corrected chi connectivity index (χ0v) is 13.2. The van der Waals surface area contributed by atoms with Gasteiger partial charge in [0.15, 0.2) is 5.12 Å². The second-order valence-corrected chi connectivity index (χ2v) is 5.90. The Morgan fingerprint density at radius 1 is 1.41 bits per heavy atom. The number of hydrogen-bond donors (Lipinski definition) is 0. The van der Waals surface area contributed by atoms with Crippen LogP contribution in [0.25, 0.3) is 0 Å². The molecule has 1 atom stereocenters. The maximum absolute atomic E-state index is 12.7. The third kappa shape index (κ3) is 3.59. The highest BCUT2D eigenvalue weighted by atomic mass is 32.2. The molecule has 0 saturated carbocycles. The number of amides is 2. The average Bonchev–Trinajstić information content (AvgIpc) is 2.93. The Balaban J connectivity index is 2.31. The predicted molar refractivity (Wildman–Crippen MR) is 81.9 cm³/mol. The van der Waals surface area contributed by atoms with Gasteiger partial charge in [0.25, 0.3) is 0 Å². The number of carbonyl (C=O) groups is 3. The van der Waals surface area contributed by atoms with Crippen molar-refractivity contribution in [1.29, 1.82) is 0 Å². The van der Waals surface area contributed by atoms with Crippen molar-refractivity contribution in [3.05, 3.63) is 29.8 Å². The average molecular weight is 323 g/mol. The summed E-state index contributed by atoms with van der Waals surface area (Å²) in [6, 6.07) is 7.10. The van der Waals surface area contributed by atoms with E-state index < -0.39 is 12.0 Å². The number of ether oxygens (including phenoxy) is 2. The topological polar surface area (TPSA) is 72.9 Å². The molecule has 1 heterocycles. The molecule has 7 heteroatoms. The number of thioether (sulfide) groups is 1. The number of nitrogens with zero attached hydrogens (tertiary/aromatic N) is 1. The fourth-order valence-electron chi connectivity index (χ4n) is 2.23. The number of carbonyl (C=O) groups excluding carboxylic acids is 3. The van der Waals surface area contributed by atoms with Crippen LogP contribution in [0.1, 0.15) is 18.4 Å². The third-order valence-corrected chi connectivity index (χ3v) is 4.20. The molecule has 0 bridgehead atoms. The van der Waals surface area contributed by atoms with Crippen LogP contribution in [-0.2, 0) is 14.3 Å². The molecule has 0 spiro atoms. The van der Waals surface area contributed by atoms with Gasteiger partial charge >= 0.3 is 6.09 Å². The molecule has 1 fully saturated rings. The molecule has 118 valence electrons. The van der Waals surface area contributed by atoms with E-state index in [0.717, 1.165) is 16.7 Å². The first-order valence-electron chi connectivity index (χ1n) is 6.79. The molecule has 0 radical (unpaired) electrons. The lowest BCUT2D eigenvalue weighted by Crippen LogP contribution is -2.37. The van der Waals surface area contributed by atoms with Crippen LogP contribution >= 0.6 is 11.8 Å². The first-order chi connectivity index (χ1) is 10.5. The lowest BCUT2D eigenvalue weighted by molar-refractivity contribution is -0.128. The smallest absolute Gasteiger partial charge is 0.416 e. The summed E-state index contributed by atoms with van der Waals surface area (Å²) in [6.07, 6.45) is -0.641. The second-order valence-electron chi connectivity index (χ2n) is 4.70. The molecule has 6 nitrogen and oxygen atoms in total. The van der Waals surface area contributed by atoms with E-state index in [1.54, 1.807) is 24.3 Å². The zero-order chi connectivity index (χ0) is 16.1. The minimum Gasteiger partial charge on any atom is -0.496 e. The standard InChI is InChI=1S/C15H17NO5S/c1-10(17)22-9-12(11-5-3-4-6-13(11)20-2)14(18)16-7-8-21-15(16)19/h3-6,12H,7-9H2,1-2H3/t12-/m1/s1. The Bertz CT molecular complexity index is 589. The molecule has 1 aliphatic rings. The first-order valence-corrected chi connectivity index (χ1v) is 7.77. The van der Waals surface area contributed by atoms with Crippen molar-refractivity contribution in [2.75, 3.05) is 26.0 Å². The van der Waals surface area contributed by atoms with Gasteiger partial charge in [-0.15, -0.1) is 0 Å². The van der Waals surface area contributed by atoms with Gasteiger partial charge < -0.3 is 9.47 Å². The number of benzene rings is 1. The van der Waals surface area contributed by atoms with Crippen LogP contribution in [0.4, 0.5) is 4.79 Å². The highest BCUT2D eigenvalue weighted by Gasteiger charge is 2.35. The Labute approximate surface area is 132 Å². The maximum Gasteiger partial charge on any atom is 0.416 e. The number of rotatable bonds is 5. The Kier molecular flexibility index (Phi) is 5.43. The Hall–Kier alpha value is -2.02. The molecule has 1 saturated heterocycles. The van der Waals surface area contributed by atoms with Crippen molar-refractivity contribution < 1.29 is 23.9 Å². The van der Waals surface area contributed by atoms with Crippen LogP contribution in [0.2, 0.25) is 0 Å². The summed E-state index contributed by atoms with van der Waals surface area (Å²) >= 11 is 1.05. The van der Waals surface area contributed by atoms with E-state index in [1.807, 2.05) is 0 Å². The van der Waals surface area contributed by atoms with E-state index >= 15 is 0 Å². The molecule has 0 unspecified atom stereocenters. The fourth-order valence-corrected chi connectivity index (χ4v) is 2.95.